The van der Waals surface area contributed by atoms with Crippen molar-refractivity contribution in [3.05, 3.63) is 71.1 Å². The van der Waals surface area contributed by atoms with E-state index >= 15 is 0 Å². The molecule has 2 aromatic carbocycles. The predicted molar refractivity (Wildman–Crippen MR) is 150 cm³/mol. The van der Waals surface area contributed by atoms with Gasteiger partial charge in [0.2, 0.25) is 11.5 Å². The minimum absolute atomic E-state index is 0.00186. The first kappa shape index (κ1) is 25.2. The van der Waals surface area contributed by atoms with Crippen LogP contribution in [0.5, 0.6) is 0 Å². The molecule has 3 heterocycles. The quantitative estimate of drug-likeness (QED) is 0.173. The zero-order chi connectivity index (χ0) is 28.2. The van der Waals surface area contributed by atoms with Crippen LogP contribution in [0.25, 0.3) is 33.4 Å². The molecule has 0 radical (unpaired) electrons. The number of ether oxygens (including phenoxy) is 1. The van der Waals surface area contributed by atoms with Crippen LogP contribution in [-0.2, 0) is 14.3 Å². The van der Waals surface area contributed by atoms with Crippen LogP contribution >= 0.6 is 0 Å². The average Bonchev–Trinajstić information content (AvgIpc) is 3.21. The van der Waals surface area contributed by atoms with Gasteiger partial charge in [-0.15, -0.1) is 0 Å². The molecule has 5 aliphatic rings. The Kier molecular flexibility index (Phi) is 5.96. The zero-order valence-electron chi connectivity index (χ0n) is 22.2. The summed E-state index contributed by atoms with van der Waals surface area (Å²) >= 11 is 0. The molecule has 0 unspecified atom stereocenters. The maximum absolute atomic E-state index is 13.1. The van der Waals surface area contributed by atoms with Crippen molar-refractivity contribution < 1.29 is 33.4 Å². The van der Waals surface area contributed by atoms with Gasteiger partial charge in [0.25, 0.3) is 0 Å². The predicted octanol–water partition coefficient (Wildman–Crippen LogP) is 3.75. The summed E-state index contributed by atoms with van der Waals surface area (Å²) in [6, 6.07) is 16.0. The maximum atomic E-state index is 13.1. The monoisotopic (exact) mass is 551 g/mol. The molecule has 0 bridgehead atoms. The van der Waals surface area contributed by atoms with Gasteiger partial charge in [-0.25, -0.2) is 14.2 Å². The molecule has 3 aliphatic heterocycles. The number of anilines is 1. The maximum Gasteiger partial charge on any atom is 0.339 e. The van der Waals surface area contributed by atoms with Crippen LogP contribution in [0.15, 0.2) is 59.0 Å². The summed E-state index contributed by atoms with van der Waals surface area (Å²) in [5.41, 5.74) is 3.31. The molecule has 3 fully saturated rings. The number of aromatic carboxylic acids is 1. The van der Waals surface area contributed by atoms with E-state index in [1.54, 1.807) is 0 Å². The largest absolute Gasteiger partial charge is 0.478 e. The molecule has 0 amide bonds. The summed E-state index contributed by atoms with van der Waals surface area (Å²) in [5.74, 6) is -2.26. The number of carboxylic acid groups (broad SMARTS) is 1. The van der Waals surface area contributed by atoms with Crippen LogP contribution in [0.4, 0.5) is 5.69 Å². The van der Waals surface area contributed by atoms with Gasteiger partial charge in [-0.05, 0) is 48.4 Å². The van der Waals surface area contributed by atoms with Crippen molar-refractivity contribution in [2.45, 2.75) is 31.8 Å². The molecule has 0 spiro atoms. The highest BCUT2D eigenvalue weighted by atomic mass is 16.6. The second-order valence-corrected chi connectivity index (χ2v) is 10.8. The molecule has 206 valence electrons. The first-order valence-corrected chi connectivity index (χ1v) is 13.8. The number of benzene rings is 3. The number of fused-ring (bicyclic) bond motifs is 2. The minimum atomic E-state index is -1.41. The van der Waals surface area contributed by atoms with Crippen molar-refractivity contribution in [2.75, 3.05) is 31.1 Å². The van der Waals surface area contributed by atoms with Gasteiger partial charge in [-0.3, -0.25) is 9.59 Å². The summed E-state index contributed by atoms with van der Waals surface area (Å²) in [6.07, 6.45) is 0.928. The first-order valence-electron chi connectivity index (χ1n) is 13.8. The molecule has 41 heavy (non-hydrogen) atoms. The Morgan fingerprint density at radius 3 is 2.34 bits per heavy atom. The van der Waals surface area contributed by atoms with Crippen molar-refractivity contribution >= 4 is 40.2 Å². The number of carbonyl (C=O) groups excluding carboxylic acids is 3. The van der Waals surface area contributed by atoms with Crippen LogP contribution in [0.1, 0.15) is 46.4 Å². The van der Waals surface area contributed by atoms with Crippen molar-refractivity contribution in [1.82, 2.24) is 4.58 Å². The Morgan fingerprint density at radius 1 is 0.902 bits per heavy atom. The van der Waals surface area contributed by atoms with E-state index in [1.807, 2.05) is 36.4 Å². The van der Waals surface area contributed by atoms with E-state index in [1.165, 1.54) is 18.2 Å². The van der Waals surface area contributed by atoms with E-state index in [2.05, 4.69) is 9.48 Å². The Morgan fingerprint density at radius 2 is 1.68 bits per heavy atom. The lowest BCUT2D eigenvalue weighted by Crippen LogP contribution is -2.40. The summed E-state index contributed by atoms with van der Waals surface area (Å²) in [6.45, 7) is 3.85. The van der Waals surface area contributed by atoms with Gasteiger partial charge in [0.15, 0.2) is 11.6 Å². The van der Waals surface area contributed by atoms with E-state index in [0.29, 0.717) is 33.4 Å². The second kappa shape index (κ2) is 9.69. The van der Waals surface area contributed by atoms with E-state index < -0.39 is 29.6 Å². The number of Topliss-reactive ketones (excluding diaryl/α,β-unsaturated/α-hetero) is 2. The Bertz CT molecular complexity index is 1810. The number of esters is 1. The number of carbonyl (C=O) groups is 4. The molecule has 2 saturated heterocycles. The Labute approximate surface area is 234 Å². The number of hydrogen-bond acceptors (Lipinski definition) is 7. The van der Waals surface area contributed by atoms with Gasteiger partial charge in [-0.2, -0.15) is 0 Å². The minimum Gasteiger partial charge on any atom is -0.478 e. The molecule has 0 aromatic heterocycles. The Balaban J connectivity index is 1.43. The fourth-order valence-electron chi connectivity index (χ4n) is 5.76. The number of ketones is 2. The summed E-state index contributed by atoms with van der Waals surface area (Å²) in [5, 5.41) is 11.9. The number of carboxylic acids is 1. The fraction of sp³-hybridized carbons (Fsp3) is 0.281. The average molecular weight is 552 g/mol. The van der Waals surface area contributed by atoms with E-state index in [4.69, 9.17) is 9.15 Å². The number of rotatable bonds is 5. The standard InChI is InChI=1S/C32H26N2O7/c35-25-9-10-26(36)30(25)41-32(39)18-3-6-21(31(37)38)24(15-18)29-22-7-4-19(33-11-1-12-33)16-27(22)40-28-17-20(5-8-23(28)29)34-13-2-14-34/h3-8,15-17,30H,1-2,9-14H2/p+1. The molecule has 9 heteroatoms. The lowest BCUT2D eigenvalue weighted by molar-refractivity contribution is -0.133. The van der Waals surface area contributed by atoms with E-state index in [-0.39, 0.29) is 24.0 Å². The smallest absolute Gasteiger partial charge is 0.339 e. The topological polar surface area (TPSA) is 117 Å². The lowest BCUT2D eigenvalue weighted by atomic mass is 9.89. The summed E-state index contributed by atoms with van der Waals surface area (Å²) in [4.78, 5) is 52.0. The van der Waals surface area contributed by atoms with Crippen LogP contribution in [0, 0.1) is 0 Å². The molecule has 9 nitrogen and oxygen atoms in total. The van der Waals surface area contributed by atoms with Crippen molar-refractivity contribution in [1.29, 1.82) is 0 Å². The molecule has 7 rings (SSSR count). The molecule has 1 saturated carbocycles. The van der Waals surface area contributed by atoms with Crippen molar-refractivity contribution in [3.8, 4) is 22.5 Å². The molecular weight excluding hydrogens is 524 g/mol. The number of hydrogen-bond donors (Lipinski definition) is 1. The highest BCUT2D eigenvalue weighted by Crippen LogP contribution is 2.42. The third kappa shape index (κ3) is 4.28. The molecule has 2 aliphatic carbocycles. The van der Waals surface area contributed by atoms with Crippen LogP contribution in [-0.4, -0.2) is 60.9 Å². The molecule has 2 aromatic rings. The van der Waals surface area contributed by atoms with E-state index in [0.717, 1.165) is 50.1 Å². The van der Waals surface area contributed by atoms with Crippen LogP contribution in [0.3, 0.4) is 0 Å². The SMILES string of the molecule is O=C(OC1C(=O)CCC1=O)c1ccc(C(=O)O)c(-c2c3ccc(=[N+]4CCC4)cc-3oc3cc(N4CCC4)ccc23)c1. The zero-order valence-corrected chi connectivity index (χ0v) is 22.2. The van der Waals surface area contributed by atoms with Gasteiger partial charge < -0.3 is 19.2 Å². The van der Waals surface area contributed by atoms with Gasteiger partial charge in [0.1, 0.15) is 24.4 Å². The molecule has 0 atom stereocenters. The van der Waals surface area contributed by atoms with Gasteiger partial charge in [-0.1, -0.05) is 0 Å². The molecule has 1 N–H and O–H groups in total. The third-order valence-corrected chi connectivity index (χ3v) is 8.31. The normalized spacial score (nSPS) is 17.2. The van der Waals surface area contributed by atoms with Crippen LogP contribution < -0.4 is 14.8 Å². The number of nitrogens with zero attached hydrogens (tertiary/aromatic N) is 2. The second-order valence-electron chi connectivity index (χ2n) is 10.8. The Hall–Kier alpha value is -4.79. The van der Waals surface area contributed by atoms with Gasteiger partial charge in [0.05, 0.1) is 23.6 Å². The summed E-state index contributed by atoms with van der Waals surface area (Å²) in [7, 11) is 0. The van der Waals surface area contributed by atoms with Gasteiger partial charge in [0, 0.05) is 60.3 Å². The third-order valence-electron chi connectivity index (χ3n) is 8.31. The highest BCUT2D eigenvalue weighted by molar-refractivity contribution is 6.13. The highest BCUT2D eigenvalue weighted by Gasteiger charge is 2.36. The van der Waals surface area contributed by atoms with Crippen molar-refractivity contribution in [3.63, 3.8) is 0 Å². The van der Waals surface area contributed by atoms with Gasteiger partial charge >= 0.3 is 11.9 Å². The van der Waals surface area contributed by atoms with Crippen molar-refractivity contribution in [2.24, 2.45) is 0 Å². The first-order chi connectivity index (χ1) is 19.9. The fourth-order valence-corrected chi connectivity index (χ4v) is 5.76. The van der Waals surface area contributed by atoms with Crippen LogP contribution in [0.2, 0.25) is 0 Å². The lowest BCUT2D eigenvalue weighted by Gasteiger charge is -2.33. The summed E-state index contributed by atoms with van der Waals surface area (Å²) < 4.78 is 14.0. The van der Waals surface area contributed by atoms with E-state index in [9.17, 15) is 24.3 Å². The molecular formula is C32H27N2O7+.